The topological polar surface area (TPSA) is 74.0 Å². The van der Waals surface area contributed by atoms with Crippen molar-refractivity contribution in [3.63, 3.8) is 0 Å². The number of halogens is 2. The van der Waals surface area contributed by atoms with Crippen molar-refractivity contribution < 1.29 is 9.53 Å². The van der Waals surface area contributed by atoms with Gasteiger partial charge < -0.3 is 10.1 Å². The Morgan fingerprint density at radius 2 is 1.91 bits per heavy atom. The van der Waals surface area contributed by atoms with E-state index in [-0.39, 0.29) is 12.6 Å². The summed E-state index contributed by atoms with van der Waals surface area (Å²) in [6, 6.07) is 14.5. The normalized spacial score (nSPS) is 10.9. The molecule has 2 aromatic heterocycles. The van der Waals surface area contributed by atoms with E-state index in [0.29, 0.717) is 33.6 Å². The SMILES string of the molecule is Cc1nn(Cc2ccc(C(=O)Nc3cnn(COc4cccc(Cl)c4)c3)cc2)c(C)c1Cl. The smallest absolute Gasteiger partial charge is 0.255 e. The van der Waals surface area contributed by atoms with Gasteiger partial charge >= 0.3 is 0 Å². The molecule has 1 amide bonds. The summed E-state index contributed by atoms with van der Waals surface area (Å²) in [6.45, 7) is 4.59. The van der Waals surface area contributed by atoms with Gasteiger partial charge in [-0.3, -0.25) is 9.48 Å². The Balaban J connectivity index is 1.34. The molecule has 0 spiro atoms. The molecule has 4 aromatic rings. The van der Waals surface area contributed by atoms with Gasteiger partial charge in [0.2, 0.25) is 0 Å². The number of ether oxygens (including phenoxy) is 1. The van der Waals surface area contributed by atoms with Gasteiger partial charge in [-0.05, 0) is 49.7 Å². The number of hydrogen-bond donors (Lipinski definition) is 1. The summed E-state index contributed by atoms with van der Waals surface area (Å²) >= 11 is 12.2. The predicted molar refractivity (Wildman–Crippen MR) is 125 cm³/mol. The molecule has 0 radical (unpaired) electrons. The number of carbonyl (C=O) groups excluding carboxylic acids is 1. The van der Waals surface area contributed by atoms with Crippen molar-refractivity contribution in [2.75, 3.05) is 5.32 Å². The van der Waals surface area contributed by atoms with Crippen molar-refractivity contribution in [1.82, 2.24) is 19.6 Å². The lowest BCUT2D eigenvalue weighted by molar-refractivity contribution is 0.102. The minimum absolute atomic E-state index is 0.196. The van der Waals surface area contributed by atoms with Crippen LogP contribution < -0.4 is 10.1 Å². The molecule has 1 N–H and O–H groups in total. The van der Waals surface area contributed by atoms with Crippen LogP contribution in [0.5, 0.6) is 5.75 Å². The average molecular weight is 470 g/mol. The van der Waals surface area contributed by atoms with E-state index in [0.717, 1.165) is 17.0 Å². The maximum Gasteiger partial charge on any atom is 0.255 e. The average Bonchev–Trinajstić information content (AvgIpc) is 3.32. The fourth-order valence-corrected chi connectivity index (χ4v) is 3.48. The Morgan fingerprint density at radius 3 is 2.59 bits per heavy atom. The largest absolute Gasteiger partial charge is 0.471 e. The van der Waals surface area contributed by atoms with E-state index in [1.54, 1.807) is 41.3 Å². The van der Waals surface area contributed by atoms with Crippen LogP contribution >= 0.6 is 23.2 Å². The first-order chi connectivity index (χ1) is 15.4. The minimum atomic E-state index is -0.221. The third-order valence-electron chi connectivity index (χ3n) is 4.89. The first-order valence-electron chi connectivity index (χ1n) is 9.89. The van der Waals surface area contributed by atoms with E-state index < -0.39 is 0 Å². The summed E-state index contributed by atoms with van der Waals surface area (Å²) in [7, 11) is 0. The van der Waals surface area contributed by atoms with Crippen molar-refractivity contribution in [3.05, 3.63) is 93.5 Å². The molecule has 9 heteroatoms. The molecular weight excluding hydrogens is 449 g/mol. The first-order valence-corrected chi connectivity index (χ1v) is 10.7. The van der Waals surface area contributed by atoms with Crippen molar-refractivity contribution in [1.29, 1.82) is 0 Å². The molecule has 0 saturated heterocycles. The zero-order chi connectivity index (χ0) is 22.7. The fourth-order valence-electron chi connectivity index (χ4n) is 3.16. The second kappa shape index (κ2) is 9.46. The van der Waals surface area contributed by atoms with Crippen molar-refractivity contribution in [2.24, 2.45) is 0 Å². The summed E-state index contributed by atoms with van der Waals surface area (Å²) in [5.41, 5.74) is 3.87. The molecule has 2 aromatic carbocycles. The number of carbonyl (C=O) groups is 1. The Hall–Kier alpha value is -3.29. The summed E-state index contributed by atoms with van der Waals surface area (Å²) in [5.74, 6) is 0.419. The fraction of sp³-hybridized carbons (Fsp3) is 0.174. The molecule has 2 heterocycles. The quantitative estimate of drug-likeness (QED) is 0.396. The number of anilines is 1. The molecule has 0 aliphatic carbocycles. The number of rotatable bonds is 7. The van der Waals surface area contributed by atoms with Crippen LogP contribution in [0.1, 0.15) is 27.3 Å². The predicted octanol–water partition coefficient (Wildman–Crippen LogP) is 5.34. The third kappa shape index (κ3) is 5.12. The summed E-state index contributed by atoms with van der Waals surface area (Å²) in [5, 5.41) is 12.8. The van der Waals surface area contributed by atoms with E-state index >= 15 is 0 Å². The molecule has 4 rings (SSSR count). The lowest BCUT2D eigenvalue weighted by atomic mass is 10.1. The van der Waals surface area contributed by atoms with E-state index in [4.69, 9.17) is 27.9 Å². The lowest BCUT2D eigenvalue weighted by Crippen LogP contribution is -2.12. The zero-order valence-electron chi connectivity index (χ0n) is 17.5. The van der Waals surface area contributed by atoms with Gasteiger partial charge in [0, 0.05) is 10.6 Å². The van der Waals surface area contributed by atoms with Crippen LogP contribution in [0.4, 0.5) is 5.69 Å². The van der Waals surface area contributed by atoms with Crippen molar-refractivity contribution in [3.8, 4) is 5.75 Å². The summed E-state index contributed by atoms with van der Waals surface area (Å²) in [6.07, 6.45) is 3.27. The Kier molecular flexibility index (Phi) is 6.48. The summed E-state index contributed by atoms with van der Waals surface area (Å²) < 4.78 is 9.08. The standard InChI is InChI=1S/C23H21Cl2N5O2/c1-15-22(25)16(2)30(28-15)12-17-6-8-18(9-7-17)23(31)27-20-11-26-29(13-20)14-32-21-5-3-4-19(24)10-21/h3-11,13H,12,14H2,1-2H3,(H,27,31). The molecule has 0 unspecified atom stereocenters. The van der Waals surface area contributed by atoms with Crippen LogP contribution in [0.15, 0.2) is 60.9 Å². The van der Waals surface area contributed by atoms with Gasteiger partial charge in [0.25, 0.3) is 5.91 Å². The molecule has 0 saturated carbocycles. The lowest BCUT2D eigenvalue weighted by Gasteiger charge is -2.07. The van der Waals surface area contributed by atoms with Crippen LogP contribution in [-0.2, 0) is 13.3 Å². The monoisotopic (exact) mass is 469 g/mol. The van der Waals surface area contributed by atoms with Crippen LogP contribution in [0.2, 0.25) is 10.0 Å². The van der Waals surface area contributed by atoms with Gasteiger partial charge in [-0.25, -0.2) is 4.68 Å². The Labute approximate surface area is 195 Å². The molecule has 0 fully saturated rings. The number of aromatic nitrogens is 4. The zero-order valence-corrected chi connectivity index (χ0v) is 19.1. The van der Waals surface area contributed by atoms with Gasteiger partial charge in [0.1, 0.15) is 5.75 Å². The van der Waals surface area contributed by atoms with Gasteiger partial charge in [-0.15, -0.1) is 0 Å². The third-order valence-corrected chi connectivity index (χ3v) is 5.67. The molecule has 164 valence electrons. The molecule has 0 atom stereocenters. The number of nitrogens with one attached hydrogen (secondary N) is 1. The van der Waals surface area contributed by atoms with E-state index in [9.17, 15) is 4.79 Å². The molecule has 0 aliphatic rings. The van der Waals surface area contributed by atoms with Crippen LogP contribution in [0.3, 0.4) is 0 Å². The van der Waals surface area contributed by atoms with Crippen LogP contribution in [0.25, 0.3) is 0 Å². The Morgan fingerprint density at radius 1 is 1.12 bits per heavy atom. The second-order valence-electron chi connectivity index (χ2n) is 7.29. The van der Waals surface area contributed by atoms with Crippen molar-refractivity contribution >= 4 is 34.8 Å². The van der Waals surface area contributed by atoms with Gasteiger partial charge in [0.05, 0.1) is 41.0 Å². The highest BCUT2D eigenvalue weighted by Crippen LogP contribution is 2.20. The van der Waals surface area contributed by atoms with Gasteiger partial charge in [-0.1, -0.05) is 41.4 Å². The number of nitrogens with zero attached hydrogens (tertiary/aromatic N) is 4. The highest BCUT2D eigenvalue weighted by molar-refractivity contribution is 6.31. The summed E-state index contributed by atoms with van der Waals surface area (Å²) in [4.78, 5) is 12.6. The molecule has 0 bridgehead atoms. The Bertz CT molecular complexity index is 1250. The van der Waals surface area contributed by atoms with E-state index in [1.807, 2.05) is 42.8 Å². The van der Waals surface area contributed by atoms with E-state index in [1.165, 1.54) is 0 Å². The second-order valence-corrected chi connectivity index (χ2v) is 8.11. The van der Waals surface area contributed by atoms with Crippen molar-refractivity contribution in [2.45, 2.75) is 27.1 Å². The first kappa shape index (κ1) is 21.9. The minimum Gasteiger partial charge on any atom is -0.471 e. The highest BCUT2D eigenvalue weighted by atomic mass is 35.5. The van der Waals surface area contributed by atoms with Crippen LogP contribution in [-0.4, -0.2) is 25.5 Å². The maximum absolute atomic E-state index is 12.6. The number of hydrogen-bond acceptors (Lipinski definition) is 4. The van der Waals surface area contributed by atoms with Gasteiger partial charge in [0.15, 0.2) is 6.73 Å². The molecule has 0 aliphatic heterocycles. The highest BCUT2D eigenvalue weighted by Gasteiger charge is 2.11. The van der Waals surface area contributed by atoms with Gasteiger partial charge in [-0.2, -0.15) is 10.2 Å². The number of aryl methyl sites for hydroxylation is 1. The number of amides is 1. The molecule has 32 heavy (non-hydrogen) atoms. The number of benzene rings is 2. The maximum atomic E-state index is 12.6. The van der Waals surface area contributed by atoms with Crippen LogP contribution in [0, 0.1) is 13.8 Å². The molecular formula is C23H21Cl2N5O2. The molecule has 7 nitrogen and oxygen atoms in total. The van der Waals surface area contributed by atoms with E-state index in [2.05, 4.69) is 15.5 Å².